The van der Waals surface area contributed by atoms with E-state index in [0.717, 1.165) is 16.7 Å². The quantitative estimate of drug-likeness (QED) is 0.0721. The van der Waals surface area contributed by atoms with Gasteiger partial charge in [-0.05, 0) is 74.7 Å². The molecule has 278 valence electrons. The van der Waals surface area contributed by atoms with Crippen LogP contribution in [0.4, 0.5) is 0 Å². The number of hydrogen-bond acceptors (Lipinski definition) is 8. The molecule has 0 unspecified atom stereocenters. The fourth-order valence-electron chi connectivity index (χ4n) is 5.50. The highest BCUT2D eigenvalue weighted by Crippen LogP contribution is 2.29. The Kier molecular flexibility index (Phi) is 13.3. The molecule has 0 amide bonds. The molecule has 0 heterocycles. The van der Waals surface area contributed by atoms with E-state index in [2.05, 4.69) is 0 Å². The monoisotopic (exact) mass is 742 g/mol. The van der Waals surface area contributed by atoms with Gasteiger partial charge >= 0.3 is 11.9 Å². The van der Waals surface area contributed by atoms with Crippen molar-refractivity contribution < 1.29 is 38.2 Å². The van der Waals surface area contributed by atoms with Crippen molar-refractivity contribution in [3.8, 4) is 0 Å². The average molecular weight is 743 g/mol. The Morgan fingerprint density at radius 2 is 0.714 bits per heavy atom. The van der Waals surface area contributed by atoms with Crippen LogP contribution in [0, 0.1) is 0 Å². The first-order chi connectivity index (χ1) is 27.0. The number of Topliss-reactive ketones (excluding diaryl/α,β-unsaturated/α-hetero) is 4. The molecule has 2 aliphatic rings. The van der Waals surface area contributed by atoms with Crippen LogP contribution >= 0.6 is 0 Å². The standard InChI is InChI=1S/C25H20O4.C23H18O4/c1-17-18(2)25(28)23(24(17)27)21(15-13-19-9-5-3-6-10-19)29-22(26)16-14-20-11-7-4-8-12-20;1-15-16(2)22(25)20(21(15)24)19(14-13-17-9-5-3-6-10-17)27-23(26)18-11-7-4-8-12-18/h3-16H,1-2H3;3-14H,1-2H3/b15-13+,16-14+;14-13+. The molecule has 0 radical (unpaired) electrons. The van der Waals surface area contributed by atoms with E-state index in [1.54, 1.807) is 76.3 Å². The van der Waals surface area contributed by atoms with Gasteiger partial charge in [0, 0.05) is 28.4 Å². The van der Waals surface area contributed by atoms with Crippen LogP contribution in [-0.4, -0.2) is 35.1 Å². The number of benzene rings is 4. The van der Waals surface area contributed by atoms with Gasteiger partial charge in [0.25, 0.3) is 0 Å². The van der Waals surface area contributed by atoms with Gasteiger partial charge in [0.15, 0.2) is 23.1 Å². The number of esters is 2. The number of hydrogen-bond donors (Lipinski definition) is 0. The van der Waals surface area contributed by atoms with Gasteiger partial charge in [-0.25, -0.2) is 9.59 Å². The normalized spacial score (nSPS) is 14.3. The smallest absolute Gasteiger partial charge is 0.343 e. The van der Waals surface area contributed by atoms with E-state index in [9.17, 15) is 28.8 Å². The van der Waals surface area contributed by atoms with E-state index in [-0.39, 0.29) is 22.7 Å². The van der Waals surface area contributed by atoms with Gasteiger partial charge in [0.2, 0.25) is 0 Å². The first-order valence-corrected chi connectivity index (χ1v) is 17.7. The maximum Gasteiger partial charge on any atom is 0.343 e. The van der Waals surface area contributed by atoms with Crippen LogP contribution in [-0.2, 0) is 33.4 Å². The zero-order chi connectivity index (χ0) is 40.2. The molecule has 0 N–H and O–H groups in total. The maximum atomic E-state index is 12.6. The topological polar surface area (TPSA) is 121 Å². The second kappa shape index (κ2) is 18.6. The fourth-order valence-corrected chi connectivity index (χ4v) is 5.50. The molecule has 8 heteroatoms. The Balaban J connectivity index is 0.000000215. The predicted octanol–water partition coefficient (Wildman–Crippen LogP) is 9.00. The highest BCUT2D eigenvalue weighted by molar-refractivity contribution is 6.38. The number of allylic oxidation sites excluding steroid dienone is 8. The van der Waals surface area contributed by atoms with E-state index < -0.39 is 35.1 Å². The molecule has 56 heavy (non-hydrogen) atoms. The largest absolute Gasteiger partial charge is 0.422 e. The van der Waals surface area contributed by atoms with Gasteiger partial charge in [-0.15, -0.1) is 0 Å². The molecule has 0 atom stereocenters. The Bertz CT molecular complexity index is 2350. The van der Waals surface area contributed by atoms with E-state index in [0.29, 0.717) is 27.9 Å². The summed E-state index contributed by atoms with van der Waals surface area (Å²) >= 11 is 0. The van der Waals surface area contributed by atoms with Crippen LogP contribution in [0.25, 0.3) is 18.2 Å². The molecule has 2 aliphatic carbocycles. The van der Waals surface area contributed by atoms with Crippen molar-refractivity contribution in [3.63, 3.8) is 0 Å². The van der Waals surface area contributed by atoms with Crippen molar-refractivity contribution in [1.82, 2.24) is 0 Å². The highest BCUT2D eigenvalue weighted by Gasteiger charge is 2.35. The number of ketones is 4. The van der Waals surface area contributed by atoms with E-state index in [4.69, 9.17) is 9.47 Å². The second-order valence-electron chi connectivity index (χ2n) is 12.7. The lowest BCUT2D eigenvalue weighted by Gasteiger charge is -2.08. The third-order valence-electron chi connectivity index (χ3n) is 8.98. The molecule has 0 aliphatic heterocycles. The molecule has 0 saturated carbocycles. The molecular formula is C48H38O8. The lowest BCUT2D eigenvalue weighted by atomic mass is 10.1. The predicted molar refractivity (Wildman–Crippen MR) is 215 cm³/mol. The van der Waals surface area contributed by atoms with Crippen molar-refractivity contribution in [3.05, 3.63) is 207 Å². The number of rotatable bonds is 9. The van der Waals surface area contributed by atoms with Crippen molar-refractivity contribution in [2.75, 3.05) is 0 Å². The van der Waals surface area contributed by atoms with Gasteiger partial charge in [0.1, 0.15) is 22.7 Å². The van der Waals surface area contributed by atoms with Crippen molar-refractivity contribution >= 4 is 53.3 Å². The van der Waals surface area contributed by atoms with Crippen molar-refractivity contribution in [2.24, 2.45) is 0 Å². The summed E-state index contributed by atoms with van der Waals surface area (Å²) in [5.74, 6) is -3.05. The summed E-state index contributed by atoms with van der Waals surface area (Å²) in [6.45, 7) is 6.39. The van der Waals surface area contributed by atoms with Crippen LogP contribution in [0.5, 0.6) is 0 Å². The SMILES string of the molecule is CC1=C(C)C(=O)C(=C(/C=C/c2ccccc2)OC(=O)/C=C/c2ccccc2)C1=O.CC1=C(C)C(=O)C(=C(/C=C/c2ccccc2)OC(=O)c2ccccc2)C1=O. The highest BCUT2D eigenvalue weighted by atomic mass is 16.5. The summed E-state index contributed by atoms with van der Waals surface area (Å²) in [6.07, 6.45) is 9.25. The molecule has 0 fully saturated rings. The fraction of sp³-hybridized carbons (Fsp3) is 0.0833. The summed E-state index contributed by atoms with van der Waals surface area (Å²) in [5, 5.41) is 0. The Hall–Kier alpha value is -7.32. The molecule has 4 aromatic carbocycles. The number of carbonyl (C=O) groups excluding carboxylic acids is 6. The van der Waals surface area contributed by atoms with Gasteiger partial charge in [0.05, 0.1) is 5.56 Å². The van der Waals surface area contributed by atoms with Crippen LogP contribution in [0.3, 0.4) is 0 Å². The lowest BCUT2D eigenvalue weighted by Crippen LogP contribution is -2.12. The second-order valence-corrected chi connectivity index (χ2v) is 12.7. The van der Waals surface area contributed by atoms with Crippen molar-refractivity contribution in [1.29, 1.82) is 0 Å². The molecule has 0 bridgehead atoms. The Morgan fingerprint density at radius 1 is 0.411 bits per heavy atom. The first kappa shape index (κ1) is 39.9. The minimum atomic E-state index is -0.670. The zero-order valence-electron chi connectivity index (χ0n) is 31.3. The zero-order valence-corrected chi connectivity index (χ0v) is 31.3. The third-order valence-corrected chi connectivity index (χ3v) is 8.98. The van der Waals surface area contributed by atoms with Crippen LogP contribution in [0.1, 0.15) is 54.7 Å². The van der Waals surface area contributed by atoms with E-state index in [1.165, 1.54) is 18.2 Å². The van der Waals surface area contributed by atoms with E-state index >= 15 is 0 Å². The van der Waals surface area contributed by atoms with E-state index in [1.807, 2.05) is 91.0 Å². The molecule has 8 nitrogen and oxygen atoms in total. The summed E-state index contributed by atoms with van der Waals surface area (Å²) < 4.78 is 10.9. The summed E-state index contributed by atoms with van der Waals surface area (Å²) in [6, 6.07) is 36.4. The molecular weight excluding hydrogens is 705 g/mol. The van der Waals surface area contributed by atoms with Crippen LogP contribution < -0.4 is 0 Å². The van der Waals surface area contributed by atoms with Gasteiger partial charge < -0.3 is 9.47 Å². The Labute approximate surface area is 325 Å². The van der Waals surface area contributed by atoms with Crippen LogP contribution in [0.15, 0.2) is 185 Å². The van der Waals surface area contributed by atoms with Gasteiger partial charge in [-0.1, -0.05) is 121 Å². The minimum absolute atomic E-state index is 0.0427. The summed E-state index contributed by atoms with van der Waals surface area (Å²) in [5.41, 5.74) is 4.12. The molecule has 0 aromatic heterocycles. The number of ether oxygens (including phenoxy) is 2. The number of carbonyl (C=O) groups is 6. The first-order valence-electron chi connectivity index (χ1n) is 17.7. The molecule has 0 spiro atoms. The maximum absolute atomic E-state index is 12.6. The molecule has 6 rings (SSSR count). The lowest BCUT2D eigenvalue weighted by molar-refractivity contribution is -0.133. The molecule has 0 saturated heterocycles. The van der Waals surface area contributed by atoms with Gasteiger partial charge in [-0.3, -0.25) is 19.2 Å². The summed E-state index contributed by atoms with van der Waals surface area (Å²) in [4.78, 5) is 75.0. The van der Waals surface area contributed by atoms with Crippen molar-refractivity contribution in [2.45, 2.75) is 27.7 Å². The van der Waals surface area contributed by atoms with Gasteiger partial charge in [-0.2, -0.15) is 0 Å². The van der Waals surface area contributed by atoms with Crippen LogP contribution in [0.2, 0.25) is 0 Å². The molecule has 4 aromatic rings. The average Bonchev–Trinajstić information content (AvgIpc) is 3.54. The summed E-state index contributed by atoms with van der Waals surface area (Å²) in [7, 11) is 0. The minimum Gasteiger partial charge on any atom is -0.422 e. The Morgan fingerprint density at radius 3 is 1.07 bits per heavy atom. The third kappa shape index (κ3) is 9.80.